The Kier molecular flexibility index (Phi) is 4.07. The second-order valence-electron chi connectivity index (χ2n) is 5.26. The molecule has 0 saturated carbocycles. The Morgan fingerprint density at radius 2 is 2.28 bits per heavy atom. The number of hydrogen-bond donors (Lipinski definition) is 1. The number of hydrogen-bond acceptors (Lipinski definition) is 2. The van der Waals surface area contributed by atoms with Crippen molar-refractivity contribution >= 4 is 5.91 Å². The molecule has 1 aromatic rings. The number of likely N-dealkylation sites (tertiary alicyclic amines) is 1. The molecule has 4 heteroatoms. The number of nitrogens with zero attached hydrogens (tertiary/aromatic N) is 2. The third-order valence-electron chi connectivity index (χ3n) is 3.97. The first-order chi connectivity index (χ1) is 8.63. The van der Waals surface area contributed by atoms with Crippen molar-refractivity contribution in [2.24, 2.45) is 18.7 Å². The Labute approximate surface area is 109 Å². The molecule has 2 N–H and O–H groups in total. The van der Waals surface area contributed by atoms with Gasteiger partial charge in [0.2, 0.25) is 0 Å². The molecule has 1 aliphatic rings. The van der Waals surface area contributed by atoms with Crippen molar-refractivity contribution in [1.82, 2.24) is 9.47 Å². The maximum Gasteiger partial charge on any atom is 0.270 e. The molecular weight excluding hydrogens is 226 g/mol. The molecule has 1 unspecified atom stereocenters. The van der Waals surface area contributed by atoms with Crippen molar-refractivity contribution in [2.75, 3.05) is 19.6 Å². The summed E-state index contributed by atoms with van der Waals surface area (Å²) in [4.78, 5) is 14.4. The monoisotopic (exact) mass is 249 g/mol. The highest BCUT2D eigenvalue weighted by molar-refractivity contribution is 5.93. The summed E-state index contributed by atoms with van der Waals surface area (Å²) >= 11 is 0. The van der Waals surface area contributed by atoms with E-state index in [2.05, 4.69) is 0 Å². The van der Waals surface area contributed by atoms with E-state index in [-0.39, 0.29) is 5.91 Å². The van der Waals surface area contributed by atoms with Crippen LogP contribution in [-0.2, 0) is 7.05 Å². The predicted molar refractivity (Wildman–Crippen MR) is 72.4 cm³/mol. The number of amides is 1. The molecule has 0 aromatic carbocycles. The zero-order valence-electron chi connectivity index (χ0n) is 11.4. The first-order valence-electron chi connectivity index (χ1n) is 6.75. The van der Waals surface area contributed by atoms with Crippen LogP contribution in [0.15, 0.2) is 12.1 Å². The van der Waals surface area contributed by atoms with Crippen molar-refractivity contribution in [1.29, 1.82) is 0 Å². The van der Waals surface area contributed by atoms with Crippen molar-refractivity contribution in [3.05, 3.63) is 23.5 Å². The van der Waals surface area contributed by atoms with Crippen LogP contribution >= 0.6 is 0 Å². The molecule has 2 rings (SSSR count). The molecule has 0 radical (unpaired) electrons. The highest BCUT2D eigenvalue weighted by Crippen LogP contribution is 2.21. The van der Waals surface area contributed by atoms with E-state index < -0.39 is 0 Å². The Morgan fingerprint density at radius 3 is 2.89 bits per heavy atom. The minimum Gasteiger partial charge on any atom is -0.344 e. The van der Waals surface area contributed by atoms with Gasteiger partial charge in [-0.05, 0) is 50.8 Å². The highest BCUT2D eigenvalue weighted by atomic mass is 16.2. The van der Waals surface area contributed by atoms with E-state index in [1.807, 2.05) is 35.6 Å². The first-order valence-corrected chi connectivity index (χ1v) is 6.75. The lowest BCUT2D eigenvalue weighted by Crippen LogP contribution is -2.41. The number of piperidine rings is 1. The number of rotatable bonds is 3. The molecule has 0 aliphatic carbocycles. The van der Waals surface area contributed by atoms with Crippen LogP contribution in [0, 0.1) is 12.8 Å². The van der Waals surface area contributed by atoms with Crippen LogP contribution in [0.25, 0.3) is 0 Å². The van der Waals surface area contributed by atoms with Gasteiger partial charge in [0.05, 0.1) is 0 Å². The van der Waals surface area contributed by atoms with E-state index in [0.29, 0.717) is 5.92 Å². The fraction of sp³-hybridized carbons (Fsp3) is 0.643. The zero-order valence-corrected chi connectivity index (χ0v) is 11.4. The number of nitrogens with two attached hydrogens (primary N) is 1. The van der Waals surface area contributed by atoms with Gasteiger partial charge in [0.1, 0.15) is 5.69 Å². The first kappa shape index (κ1) is 13.1. The lowest BCUT2D eigenvalue weighted by Gasteiger charge is -2.32. The van der Waals surface area contributed by atoms with Crippen molar-refractivity contribution in [2.45, 2.75) is 26.2 Å². The fourth-order valence-electron chi connectivity index (χ4n) is 2.71. The average Bonchev–Trinajstić information content (AvgIpc) is 2.70. The van der Waals surface area contributed by atoms with Gasteiger partial charge in [0, 0.05) is 25.8 Å². The standard InChI is InChI=1S/C14H23N3O/c1-11-5-6-13(16(11)2)14(18)17-9-3-4-12(10-17)7-8-15/h5-6,12H,3-4,7-10,15H2,1-2H3. The van der Waals surface area contributed by atoms with Crippen LogP contribution < -0.4 is 5.73 Å². The molecule has 1 amide bonds. The fourth-order valence-corrected chi connectivity index (χ4v) is 2.71. The van der Waals surface area contributed by atoms with E-state index in [0.717, 1.165) is 43.9 Å². The minimum absolute atomic E-state index is 0.160. The van der Waals surface area contributed by atoms with Crippen LogP contribution in [0.5, 0.6) is 0 Å². The molecule has 1 atom stereocenters. The SMILES string of the molecule is Cc1ccc(C(=O)N2CCCC(CCN)C2)n1C. The Hall–Kier alpha value is -1.29. The van der Waals surface area contributed by atoms with Gasteiger partial charge in [-0.2, -0.15) is 0 Å². The topological polar surface area (TPSA) is 51.3 Å². The molecule has 1 aromatic heterocycles. The summed E-state index contributed by atoms with van der Waals surface area (Å²) < 4.78 is 1.97. The number of carbonyl (C=O) groups excluding carboxylic acids is 1. The van der Waals surface area contributed by atoms with Crippen LogP contribution in [0.1, 0.15) is 35.4 Å². The molecule has 100 valence electrons. The third-order valence-corrected chi connectivity index (χ3v) is 3.97. The van der Waals surface area contributed by atoms with E-state index >= 15 is 0 Å². The lowest BCUT2D eigenvalue weighted by atomic mass is 9.94. The summed E-state index contributed by atoms with van der Waals surface area (Å²) in [6.45, 7) is 4.48. The Bertz CT molecular complexity index is 423. The van der Waals surface area contributed by atoms with Gasteiger partial charge < -0.3 is 15.2 Å². The minimum atomic E-state index is 0.160. The van der Waals surface area contributed by atoms with E-state index in [4.69, 9.17) is 5.73 Å². The van der Waals surface area contributed by atoms with E-state index in [1.54, 1.807) is 0 Å². The predicted octanol–water partition coefficient (Wildman–Crippen LogP) is 1.53. The van der Waals surface area contributed by atoms with Crippen molar-refractivity contribution in [3.8, 4) is 0 Å². The van der Waals surface area contributed by atoms with Crippen LogP contribution in [-0.4, -0.2) is 35.0 Å². The largest absolute Gasteiger partial charge is 0.344 e. The van der Waals surface area contributed by atoms with E-state index in [9.17, 15) is 4.79 Å². The molecule has 1 fully saturated rings. The zero-order chi connectivity index (χ0) is 13.1. The van der Waals surface area contributed by atoms with Crippen LogP contribution in [0.3, 0.4) is 0 Å². The number of aromatic nitrogens is 1. The van der Waals surface area contributed by atoms with Gasteiger partial charge in [0.15, 0.2) is 0 Å². The quantitative estimate of drug-likeness (QED) is 0.883. The van der Waals surface area contributed by atoms with Gasteiger partial charge in [-0.3, -0.25) is 4.79 Å². The molecular formula is C14H23N3O. The maximum atomic E-state index is 12.5. The van der Waals surface area contributed by atoms with Crippen LogP contribution in [0.4, 0.5) is 0 Å². The normalized spacial score (nSPS) is 20.2. The van der Waals surface area contributed by atoms with Gasteiger partial charge in [-0.15, -0.1) is 0 Å². The molecule has 1 saturated heterocycles. The summed E-state index contributed by atoms with van der Waals surface area (Å²) in [6, 6.07) is 3.92. The Morgan fingerprint density at radius 1 is 1.50 bits per heavy atom. The van der Waals surface area contributed by atoms with E-state index in [1.165, 1.54) is 6.42 Å². The average molecular weight is 249 g/mol. The smallest absolute Gasteiger partial charge is 0.270 e. The third kappa shape index (κ3) is 2.58. The second kappa shape index (κ2) is 5.57. The van der Waals surface area contributed by atoms with Gasteiger partial charge in [-0.25, -0.2) is 0 Å². The Balaban J connectivity index is 2.07. The molecule has 4 nitrogen and oxygen atoms in total. The summed E-state index contributed by atoms with van der Waals surface area (Å²) in [6.07, 6.45) is 3.32. The molecule has 0 spiro atoms. The molecule has 2 heterocycles. The highest BCUT2D eigenvalue weighted by Gasteiger charge is 2.25. The summed E-state index contributed by atoms with van der Waals surface area (Å²) in [5.74, 6) is 0.737. The second-order valence-corrected chi connectivity index (χ2v) is 5.26. The summed E-state index contributed by atoms with van der Waals surface area (Å²) in [5, 5.41) is 0. The summed E-state index contributed by atoms with van der Waals surface area (Å²) in [7, 11) is 1.95. The van der Waals surface area contributed by atoms with Gasteiger partial charge in [0.25, 0.3) is 5.91 Å². The molecule has 1 aliphatic heterocycles. The lowest BCUT2D eigenvalue weighted by molar-refractivity contribution is 0.0659. The summed E-state index contributed by atoms with van der Waals surface area (Å²) in [5.41, 5.74) is 7.52. The van der Waals surface area contributed by atoms with Crippen LogP contribution in [0.2, 0.25) is 0 Å². The maximum absolute atomic E-state index is 12.5. The van der Waals surface area contributed by atoms with Crippen molar-refractivity contribution in [3.63, 3.8) is 0 Å². The number of aryl methyl sites for hydroxylation is 1. The number of carbonyl (C=O) groups is 1. The van der Waals surface area contributed by atoms with Gasteiger partial charge in [-0.1, -0.05) is 0 Å². The molecule has 18 heavy (non-hydrogen) atoms. The van der Waals surface area contributed by atoms with Crippen molar-refractivity contribution < 1.29 is 4.79 Å². The molecule has 0 bridgehead atoms. The van der Waals surface area contributed by atoms with Gasteiger partial charge >= 0.3 is 0 Å².